The van der Waals surface area contributed by atoms with E-state index in [1.807, 2.05) is 0 Å². The number of benzene rings is 1. The molecule has 22 heavy (non-hydrogen) atoms. The maximum absolute atomic E-state index is 11.9. The zero-order valence-electron chi connectivity index (χ0n) is 12.9. The van der Waals surface area contributed by atoms with Crippen molar-refractivity contribution in [1.29, 1.82) is 0 Å². The van der Waals surface area contributed by atoms with E-state index in [1.54, 1.807) is 39.0 Å². The highest BCUT2D eigenvalue weighted by Gasteiger charge is 2.25. The Hall–Kier alpha value is -1.27. The van der Waals surface area contributed by atoms with Crippen molar-refractivity contribution in [2.24, 2.45) is 0 Å². The molecule has 1 rings (SSSR count). The van der Waals surface area contributed by atoms with Crippen LogP contribution in [-0.2, 0) is 20.7 Å². The van der Waals surface area contributed by atoms with Crippen LogP contribution in [0.4, 0.5) is 4.79 Å². The van der Waals surface area contributed by atoms with Crippen LogP contribution in [0.1, 0.15) is 26.3 Å². The van der Waals surface area contributed by atoms with Crippen molar-refractivity contribution in [1.82, 2.24) is 5.32 Å². The van der Waals surface area contributed by atoms with Crippen LogP contribution in [0.25, 0.3) is 0 Å². The number of ether oxygens (including phenoxy) is 2. The number of methoxy groups -OCH3 is 1. The molecule has 0 aromatic heterocycles. The molecule has 0 aliphatic heterocycles. The molecule has 0 radical (unpaired) electrons. The van der Waals surface area contributed by atoms with Gasteiger partial charge in [-0.2, -0.15) is 0 Å². The second-order valence-corrected chi connectivity index (χ2v) is 6.95. The van der Waals surface area contributed by atoms with E-state index in [4.69, 9.17) is 21.1 Å². The maximum atomic E-state index is 11.9. The maximum Gasteiger partial charge on any atom is 0.408 e. The lowest BCUT2D eigenvalue weighted by atomic mass is 10.1. The summed E-state index contributed by atoms with van der Waals surface area (Å²) in [5, 5.41) is 3.10. The predicted octanol–water partition coefficient (Wildman–Crippen LogP) is 3.71. The molecular weight excluding hydrogens is 374 g/mol. The lowest BCUT2D eigenvalue weighted by molar-refractivity contribution is -0.143. The van der Waals surface area contributed by atoms with Gasteiger partial charge < -0.3 is 14.8 Å². The molecular formula is C15H19BrClNO4. The summed E-state index contributed by atoms with van der Waals surface area (Å²) >= 11 is 9.27. The summed E-state index contributed by atoms with van der Waals surface area (Å²) in [4.78, 5) is 23.7. The fourth-order valence-corrected chi connectivity index (χ4v) is 2.54. The summed E-state index contributed by atoms with van der Waals surface area (Å²) in [6.07, 6.45) is -0.420. The Kier molecular flexibility index (Phi) is 6.68. The molecule has 1 atom stereocenters. The second kappa shape index (κ2) is 7.83. The Balaban J connectivity index is 2.85. The van der Waals surface area contributed by atoms with Gasteiger partial charge in [0.1, 0.15) is 11.6 Å². The highest BCUT2D eigenvalue weighted by molar-refractivity contribution is 9.10. The zero-order chi connectivity index (χ0) is 16.9. The van der Waals surface area contributed by atoms with E-state index in [1.165, 1.54) is 7.11 Å². The standard InChI is InChI=1S/C15H19BrClNO4/c1-15(2,3)22-14(20)18-12(13(19)21-4)7-9-5-6-10(17)8-11(9)16/h5-6,8,12H,7H2,1-4H3,(H,18,20)/t12-/m0/s1. The van der Waals surface area contributed by atoms with Gasteiger partial charge in [-0.1, -0.05) is 33.6 Å². The van der Waals surface area contributed by atoms with E-state index in [0.717, 1.165) is 10.0 Å². The highest BCUT2D eigenvalue weighted by atomic mass is 79.9. The summed E-state index contributed by atoms with van der Waals surface area (Å²) in [5.41, 5.74) is 0.168. The SMILES string of the molecule is COC(=O)[C@H](Cc1ccc(Cl)cc1Br)NC(=O)OC(C)(C)C. The van der Waals surface area contributed by atoms with E-state index >= 15 is 0 Å². The quantitative estimate of drug-likeness (QED) is 0.793. The van der Waals surface area contributed by atoms with Crippen LogP contribution in [0.2, 0.25) is 5.02 Å². The Morgan fingerprint density at radius 2 is 2.00 bits per heavy atom. The first-order valence-electron chi connectivity index (χ1n) is 6.63. The summed E-state index contributed by atoms with van der Waals surface area (Å²) in [7, 11) is 1.27. The van der Waals surface area contributed by atoms with Gasteiger partial charge in [-0.05, 0) is 38.5 Å². The van der Waals surface area contributed by atoms with Gasteiger partial charge >= 0.3 is 12.1 Å². The van der Waals surface area contributed by atoms with Crippen LogP contribution < -0.4 is 5.32 Å². The monoisotopic (exact) mass is 391 g/mol. The number of nitrogens with one attached hydrogen (secondary N) is 1. The number of amides is 1. The van der Waals surface area contributed by atoms with Gasteiger partial charge in [-0.25, -0.2) is 9.59 Å². The first-order valence-corrected chi connectivity index (χ1v) is 7.80. The van der Waals surface area contributed by atoms with Crippen molar-refractivity contribution in [3.63, 3.8) is 0 Å². The van der Waals surface area contributed by atoms with Crippen molar-refractivity contribution in [3.8, 4) is 0 Å². The normalized spacial score (nSPS) is 12.5. The Morgan fingerprint density at radius 3 is 2.50 bits per heavy atom. The van der Waals surface area contributed by atoms with Crippen LogP contribution in [0, 0.1) is 0 Å². The van der Waals surface area contributed by atoms with E-state index < -0.39 is 23.7 Å². The number of hydrogen-bond donors (Lipinski definition) is 1. The average molecular weight is 393 g/mol. The second-order valence-electron chi connectivity index (χ2n) is 5.66. The molecule has 0 spiro atoms. The number of halogens is 2. The van der Waals surface area contributed by atoms with Crippen LogP contribution in [0.15, 0.2) is 22.7 Å². The van der Waals surface area contributed by atoms with E-state index in [2.05, 4.69) is 21.2 Å². The largest absolute Gasteiger partial charge is 0.467 e. The van der Waals surface area contributed by atoms with Crippen molar-refractivity contribution >= 4 is 39.6 Å². The fraction of sp³-hybridized carbons (Fsp3) is 0.467. The third kappa shape index (κ3) is 6.23. The smallest absolute Gasteiger partial charge is 0.408 e. The van der Waals surface area contributed by atoms with Gasteiger partial charge in [-0.3, -0.25) is 0 Å². The topological polar surface area (TPSA) is 64.6 Å². The molecule has 0 heterocycles. The minimum Gasteiger partial charge on any atom is -0.467 e. The molecule has 0 aliphatic carbocycles. The Morgan fingerprint density at radius 1 is 1.36 bits per heavy atom. The van der Waals surface area contributed by atoms with Gasteiger partial charge in [0, 0.05) is 15.9 Å². The molecule has 1 aromatic rings. The van der Waals surface area contributed by atoms with Crippen LogP contribution >= 0.6 is 27.5 Å². The van der Waals surface area contributed by atoms with Gasteiger partial charge in [0.2, 0.25) is 0 Å². The van der Waals surface area contributed by atoms with Gasteiger partial charge in [0.15, 0.2) is 0 Å². The Labute approximate surface area is 143 Å². The van der Waals surface area contributed by atoms with E-state index in [9.17, 15) is 9.59 Å². The molecule has 5 nitrogen and oxygen atoms in total. The first kappa shape index (κ1) is 18.8. The van der Waals surface area contributed by atoms with E-state index in [0.29, 0.717) is 5.02 Å². The molecule has 0 saturated heterocycles. The van der Waals surface area contributed by atoms with Gasteiger partial charge in [0.05, 0.1) is 7.11 Å². The van der Waals surface area contributed by atoms with Crippen molar-refractivity contribution in [2.75, 3.05) is 7.11 Å². The Bertz CT molecular complexity index is 557. The minimum atomic E-state index is -0.850. The molecule has 0 bridgehead atoms. The lowest BCUT2D eigenvalue weighted by Crippen LogP contribution is -2.45. The van der Waals surface area contributed by atoms with E-state index in [-0.39, 0.29) is 6.42 Å². The molecule has 1 amide bonds. The third-order valence-electron chi connectivity index (χ3n) is 2.62. The predicted molar refractivity (Wildman–Crippen MR) is 88.0 cm³/mol. The van der Waals surface area contributed by atoms with Crippen molar-refractivity contribution < 1.29 is 19.1 Å². The molecule has 1 N–H and O–H groups in total. The van der Waals surface area contributed by atoms with Crippen LogP contribution in [0.5, 0.6) is 0 Å². The molecule has 7 heteroatoms. The summed E-state index contributed by atoms with van der Waals surface area (Å²) < 4.78 is 10.6. The van der Waals surface area contributed by atoms with Gasteiger partial charge in [0.25, 0.3) is 0 Å². The molecule has 0 fully saturated rings. The number of carbonyl (C=O) groups is 2. The zero-order valence-corrected chi connectivity index (χ0v) is 15.2. The summed E-state index contributed by atoms with van der Waals surface area (Å²) in [5.74, 6) is -0.548. The first-order chi connectivity index (χ1) is 10.1. The molecule has 122 valence electrons. The molecule has 0 saturated carbocycles. The minimum absolute atomic E-state index is 0.254. The number of esters is 1. The number of hydrogen-bond acceptors (Lipinski definition) is 4. The summed E-state index contributed by atoms with van der Waals surface area (Å²) in [6.45, 7) is 5.24. The fourth-order valence-electron chi connectivity index (χ4n) is 1.69. The van der Waals surface area contributed by atoms with Crippen molar-refractivity contribution in [2.45, 2.75) is 38.8 Å². The average Bonchev–Trinajstić information content (AvgIpc) is 2.37. The number of rotatable bonds is 4. The van der Waals surface area contributed by atoms with Crippen LogP contribution in [-0.4, -0.2) is 30.8 Å². The van der Waals surface area contributed by atoms with Crippen LogP contribution in [0.3, 0.4) is 0 Å². The number of alkyl carbamates (subject to hydrolysis) is 1. The molecule has 0 aliphatic rings. The van der Waals surface area contributed by atoms with Gasteiger partial charge in [-0.15, -0.1) is 0 Å². The molecule has 0 unspecified atom stereocenters. The van der Waals surface area contributed by atoms with Crippen molar-refractivity contribution in [3.05, 3.63) is 33.3 Å². The summed E-state index contributed by atoms with van der Waals surface area (Å²) in [6, 6.07) is 4.36. The lowest BCUT2D eigenvalue weighted by Gasteiger charge is -2.22. The molecule has 1 aromatic carbocycles. The highest BCUT2D eigenvalue weighted by Crippen LogP contribution is 2.23. The number of carbonyl (C=O) groups excluding carboxylic acids is 2. The third-order valence-corrected chi connectivity index (χ3v) is 3.59.